The Morgan fingerprint density at radius 3 is 2.62 bits per heavy atom. The van der Waals surface area contributed by atoms with Gasteiger partial charge in [-0.1, -0.05) is 19.1 Å². The van der Waals surface area contributed by atoms with Gasteiger partial charge in [0, 0.05) is 25.0 Å². The Morgan fingerprint density at radius 1 is 1.14 bits per heavy atom. The van der Waals surface area contributed by atoms with Gasteiger partial charge in [-0.3, -0.25) is 0 Å². The van der Waals surface area contributed by atoms with E-state index in [0.29, 0.717) is 5.95 Å². The molecule has 1 aliphatic heterocycles. The van der Waals surface area contributed by atoms with Crippen molar-refractivity contribution in [1.29, 1.82) is 0 Å². The third-order valence-corrected chi connectivity index (χ3v) is 3.59. The average Bonchev–Trinajstić information content (AvgIpc) is 2.57. The zero-order valence-electron chi connectivity index (χ0n) is 12.2. The summed E-state index contributed by atoms with van der Waals surface area (Å²) >= 11 is 0. The highest BCUT2D eigenvalue weighted by Crippen LogP contribution is 2.17. The maximum absolute atomic E-state index is 5.37. The van der Waals surface area contributed by atoms with E-state index in [0.717, 1.165) is 44.2 Å². The second-order valence-electron chi connectivity index (χ2n) is 5.01. The maximum Gasteiger partial charge on any atom is 0.229 e. The van der Waals surface area contributed by atoms with Gasteiger partial charge in [0.1, 0.15) is 5.82 Å². The van der Waals surface area contributed by atoms with E-state index in [2.05, 4.69) is 51.4 Å². The first-order valence-corrected chi connectivity index (χ1v) is 7.37. The number of hydrogen-bond acceptors (Lipinski definition) is 5. The molecule has 21 heavy (non-hydrogen) atoms. The second kappa shape index (κ2) is 6.54. The summed E-state index contributed by atoms with van der Waals surface area (Å²) in [5.41, 5.74) is 2.33. The molecule has 0 atom stereocenters. The van der Waals surface area contributed by atoms with Crippen LogP contribution in [0.1, 0.15) is 12.5 Å². The standard InChI is InChI=1S/C16H20N4O/c1-2-13-3-5-14(6-4-13)18-16-17-8-7-15(19-16)20-9-11-21-12-10-20/h3-8H,2,9-12H2,1H3,(H,17,18,19). The molecule has 3 rings (SSSR count). The Kier molecular flexibility index (Phi) is 4.31. The lowest BCUT2D eigenvalue weighted by Gasteiger charge is -2.27. The van der Waals surface area contributed by atoms with Gasteiger partial charge in [0.25, 0.3) is 0 Å². The van der Waals surface area contributed by atoms with Crippen LogP contribution in [0, 0.1) is 0 Å². The first kappa shape index (κ1) is 13.8. The fourth-order valence-corrected chi connectivity index (χ4v) is 2.33. The van der Waals surface area contributed by atoms with Crippen molar-refractivity contribution in [1.82, 2.24) is 9.97 Å². The van der Waals surface area contributed by atoms with Gasteiger partial charge in [-0.15, -0.1) is 0 Å². The van der Waals surface area contributed by atoms with Gasteiger partial charge in [0.05, 0.1) is 13.2 Å². The summed E-state index contributed by atoms with van der Waals surface area (Å²) in [6, 6.07) is 10.3. The van der Waals surface area contributed by atoms with Crippen molar-refractivity contribution >= 4 is 17.5 Å². The molecular formula is C16H20N4O. The molecule has 5 nitrogen and oxygen atoms in total. The summed E-state index contributed by atoms with van der Waals surface area (Å²) in [6.45, 7) is 5.41. The summed E-state index contributed by atoms with van der Waals surface area (Å²) in [7, 11) is 0. The van der Waals surface area contributed by atoms with Crippen LogP contribution in [0.2, 0.25) is 0 Å². The molecule has 0 spiro atoms. The number of morpholine rings is 1. The van der Waals surface area contributed by atoms with Gasteiger partial charge in [0.2, 0.25) is 5.95 Å². The van der Waals surface area contributed by atoms with Crippen LogP contribution in [-0.2, 0) is 11.2 Å². The molecule has 1 N–H and O–H groups in total. The summed E-state index contributed by atoms with van der Waals surface area (Å²) in [4.78, 5) is 11.1. The van der Waals surface area contributed by atoms with Crippen LogP contribution in [0.15, 0.2) is 36.5 Å². The molecule has 2 aromatic rings. The van der Waals surface area contributed by atoms with Crippen LogP contribution >= 0.6 is 0 Å². The van der Waals surface area contributed by atoms with E-state index in [1.165, 1.54) is 5.56 Å². The summed E-state index contributed by atoms with van der Waals surface area (Å²) < 4.78 is 5.37. The number of rotatable bonds is 4. The van der Waals surface area contributed by atoms with Crippen LogP contribution in [0.4, 0.5) is 17.5 Å². The number of anilines is 3. The molecule has 2 heterocycles. The van der Waals surface area contributed by atoms with Crippen LogP contribution in [0.3, 0.4) is 0 Å². The van der Waals surface area contributed by atoms with Gasteiger partial charge in [0.15, 0.2) is 0 Å². The summed E-state index contributed by atoms with van der Waals surface area (Å²) in [5.74, 6) is 1.57. The predicted octanol–water partition coefficient (Wildman–Crippen LogP) is 2.62. The minimum absolute atomic E-state index is 0.628. The van der Waals surface area contributed by atoms with Gasteiger partial charge in [-0.25, -0.2) is 4.98 Å². The fourth-order valence-electron chi connectivity index (χ4n) is 2.33. The van der Waals surface area contributed by atoms with E-state index in [-0.39, 0.29) is 0 Å². The van der Waals surface area contributed by atoms with Gasteiger partial charge in [-0.2, -0.15) is 4.98 Å². The van der Waals surface area contributed by atoms with Crippen molar-refractivity contribution in [2.75, 3.05) is 36.5 Å². The van der Waals surface area contributed by atoms with Crippen molar-refractivity contribution in [2.24, 2.45) is 0 Å². The van der Waals surface area contributed by atoms with E-state index in [9.17, 15) is 0 Å². The number of nitrogens with zero attached hydrogens (tertiary/aromatic N) is 3. The first-order chi connectivity index (χ1) is 10.3. The van der Waals surface area contributed by atoms with Crippen LogP contribution < -0.4 is 10.2 Å². The predicted molar refractivity (Wildman–Crippen MR) is 84.2 cm³/mol. The third-order valence-electron chi connectivity index (χ3n) is 3.59. The van der Waals surface area contributed by atoms with Crippen molar-refractivity contribution in [3.05, 3.63) is 42.1 Å². The van der Waals surface area contributed by atoms with E-state index < -0.39 is 0 Å². The lowest BCUT2D eigenvalue weighted by Crippen LogP contribution is -2.36. The van der Waals surface area contributed by atoms with Crippen LogP contribution in [0.5, 0.6) is 0 Å². The largest absolute Gasteiger partial charge is 0.378 e. The quantitative estimate of drug-likeness (QED) is 0.935. The number of nitrogens with one attached hydrogen (secondary N) is 1. The van der Waals surface area contributed by atoms with Gasteiger partial charge >= 0.3 is 0 Å². The van der Waals surface area contributed by atoms with Gasteiger partial charge < -0.3 is 15.0 Å². The molecule has 1 fully saturated rings. The van der Waals surface area contributed by atoms with Crippen LogP contribution in [-0.4, -0.2) is 36.3 Å². The minimum Gasteiger partial charge on any atom is -0.378 e. The van der Waals surface area contributed by atoms with Gasteiger partial charge in [-0.05, 0) is 30.2 Å². The normalized spacial score (nSPS) is 15.0. The second-order valence-corrected chi connectivity index (χ2v) is 5.01. The molecule has 0 unspecified atom stereocenters. The molecule has 0 aliphatic carbocycles. The molecule has 1 saturated heterocycles. The Bertz CT molecular complexity index is 579. The summed E-state index contributed by atoms with van der Waals surface area (Å²) in [6.07, 6.45) is 2.84. The maximum atomic E-state index is 5.37. The molecular weight excluding hydrogens is 264 g/mol. The number of ether oxygens (including phenoxy) is 1. The molecule has 0 saturated carbocycles. The molecule has 110 valence electrons. The zero-order valence-corrected chi connectivity index (χ0v) is 12.2. The van der Waals surface area contributed by atoms with Crippen molar-refractivity contribution < 1.29 is 4.74 Å². The first-order valence-electron chi connectivity index (χ1n) is 7.37. The molecule has 0 radical (unpaired) electrons. The Labute approximate surface area is 125 Å². The number of aromatic nitrogens is 2. The van der Waals surface area contributed by atoms with Crippen molar-refractivity contribution in [3.63, 3.8) is 0 Å². The van der Waals surface area contributed by atoms with E-state index >= 15 is 0 Å². The third kappa shape index (κ3) is 3.49. The summed E-state index contributed by atoms with van der Waals surface area (Å²) in [5, 5.41) is 3.25. The highest BCUT2D eigenvalue weighted by atomic mass is 16.5. The molecule has 0 amide bonds. The zero-order chi connectivity index (χ0) is 14.5. The van der Waals surface area contributed by atoms with E-state index in [4.69, 9.17) is 4.74 Å². The SMILES string of the molecule is CCc1ccc(Nc2nccc(N3CCOCC3)n2)cc1. The van der Waals surface area contributed by atoms with E-state index in [1.54, 1.807) is 6.20 Å². The lowest BCUT2D eigenvalue weighted by molar-refractivity contribution is 0.122. The molecule has 0 bridgehead atoms. The molecule has 5 heteroatoms. The van der Waals surface area contributed by atoms with Crippen molar-refractivity contribution in [2.45, 2.75) is 13.3 Å². The topological polar surface area (TPSA) is 50.3 Å². The smallest absolute Gasteiger partial charge is 0.229 e. The number of aryl methyl sites for hydroxylation is 1. The molecule has 1 aliphatic rings. The molecule has 1 aromatic heterocycles. The van der Waals surface area contributed by atoms with E-state index in [1.807, 2.05) is 6.07 Å². The highest BCUT2D eigenvalue weighted by Gasteiger charge is 2.12. The number of benzene rings is 1. The Balaban J connectivity index is 1.72. The average molecular weight is 284 g/mol. The molecule has 1 aromatic carbocycles. The lowest BCUT2D eigenvalue weighted by atomic mass is 10.1. The highest BCUT2D eigenvalue weighted by molar-refractivity contribution is 5.55. The van der Waals surface area contributed by atoms with Crippen molar-refractivity contribution in [3.8, 4) is 0 Å². The Hall–Kier alpha value is -2.14. The fraction of sp³-hybridized carbons (Fsp3) is 0.375. The van der Waals surface area contributed by atoms with Crippen LogP contribution in [0.25, 0.3) is 0 Å². The monoisotopic (exact) mass is 284 g/mol. The number of hydrogen-bond donors (Lipinski definition) is 1. The minimum atomic E-state index is 0.628. The Morgan fingerprint density at radius 2 is 1.90 bits per heavy atom.